The van der Waals surface area contributed by atoms with E-state index in [-0.39, 0.29) is 17.5 Å². The van der Waals surface area contributed by atoms with Gasteiger partial charge in [0.25, 0.3) is 0 Å². The standard InChI is InChI=1S/C9H16NO2/c1-9(2,3)12-8(11)7-4-5-10-6-7/h6-7,10H,4-5H2,1-3H3. The van der Waals surface area contributed by atoms with Crippen molar-refractivity contribution in [3.05, 3.63) is 6.54 Å². The molecule has 69 valence electrons. The molecule has 1 rings (SSSR count). The largest absolute Gasteiger partial charge is 0.460 e. The summed E-state index contributed by atoms with van der Waals surface area (Å²) in [6.07, 6.45) is 0.856. The van der Waals surface area contributed by atoms with Gasteiger partial charge in [0.15, 0.2) is 0 Å². The summed E-state index contributed by atoms with van der Waals surface area (Å²) in [5, 5.41) is 3.01. The molecule has 1 fully saturated rings. The number of rotatable bonds is 1. The van der Waals surface area contributed by atoms with E-state index in [9.17, 15) is 4.79 Å². The molecule has 1 aliphatic heterocycles. The highest BCUT2D eigenvalue weighted by Crippen LogP contribution is 2.17. The molecule has 1 atom stereocenters. The van der Waals surface area contributed by atoms with Crippen LogP contribution in [-0.4, -0.2) is 18.1 Å². The third-order valence-corrected chi connectivity index (χ3v) is 1.63. The Morgan fingerprint density at radius 1 is 1.58 bits per heavy atom. The second-order valence-electron chi connectivity index (χ2n) is 4.05. The van der Waals surface area contributed by atoms with Crippen LogP contribution in [0.15, 0.2) is 0 Å². The van der Waals surface area contributed by atoms with E-state index in [1.807, 2.05) is 27.3 Å². The predicted octanol–water partition coefficient (Wildman–Crippen LogP) is 1.10. The minimum absolute atomic E-state index is 0.0516. The van der Waals surface area contributed by atoms with E-state index in [2.05, 4.69) is 5.32 Å². The number of carbonyl (C=O) groups excluding carboxylic acids is 1. The molecule has 3 nitrogen and oxygen atoms in total. The van der Waals surface area contributed by atoms with Crippen LogP contribution in [0.1, 0.15) is 27.2 Å². The monoisotopic (exact) mass is 170 g/mol. The molecule has 0 spiro atoms. The fourth-order valence-corrected chi connectivity index (χ4v) is 1.11. The third kappa shape index (κ3) is 2.81. The normalized spacial score (nSPS) is 24.1. The molecule has 0 aromatic heterocycles. The summed E-state index contributed by atoms with van der Waals surface area (Å²) < 4.78 is 5.21. The van der Waals surface area contributed by atoms with Gasteiger partial charge in [0.2, 0.25) is 0 Å². The average Bonchev–Trinajstić information content (AvgIpc) is 2.32. The highest BCUT2D eigenvalue weighted by molar-refractivity contribution is 5.74. The Balaban J connectivity index is 2.37. The Morgan fingerprint density at radius 3 is 2.67 bits per heavy atom. The van der Waals surface area contributed by atoms with Gasteiger partial charge in [0.05, 0.1) is 5.92 Å². The lowest BCUT2D eigenvalue weighted by molar-refractivity contribution is -0.158. The molecule has 3 heteroatoms. The number of carbonyl (C=O) groups is 1. The van der Waals surface area contributed by atoms with Crippen molar-refractivity contribution in [1.29, 1.82) is 0 Å². The summed E-state index contributed by atoms with van der Waals surface area (Å²) in [5.41, 5.74) is -0.368. The van der Waals surface area contributed by atoms with Gasteiger partial charge >= 0.3 is 5.97 Å². The van der Waals surface area contributed by atoms with Crippen molar-refractivity contribution in [3.63, 3.8) is 0 Å². The van der Waals surface area contributed by atoms with Gasteiger partial charge in [-0.2, -0.15) is 0 Å². The molecule has 12 heavy (non-hydrogen) atoms. The summed E-state index contributed by atoms with van der Waals surface area (Å²) in [6.45, 7) is 8.34. The van der Waals surface area contributed by atoms with Crippen LogP contribution in [0, 0.1) is 12.5 Å². The molecule has 0 bridgehead atoms. The molecule has 0 amide bonds. The van der Waals surface area contributed by atoms with Crippen LogP contribution < -0.4 is 5.32 Å². The first-order chi connectivity index (χ1) is 5.49. The van der Waals surface area contributed by atoms with Crippen molar-refractivity contribution in [3.8, 4) is 0 Å². The van der Waals surface area contributed by atoms with E-state index in [1.54, 1.807) is 0 Å². The summed E-state index contributed by atoms with van der Waals surface area (Å²) in [5.74, 6) is -0.170. The molecular weight excluding hydrogens is 154 g/mol. The van der Waals surface area contributed by atoms with E-state index in [4.69, 9.17) is 4.74 Å². The molecule has 1 N–H and O–H groups in total. The summed E-state index contributed by atoms with van der Waals surface area (Å²) in [7, 11) is 0. The lowest BCUT2D eigenvalue weighted by Crippen LogP contribution is -2.28. The maximum Gasteiger partial charge on any atom is 0.311 e. The van der Waals surface area contributed by atoms with Crippen molar-refractivity contribution in [2.75, 3.05) is 6.54 Å². The quantitative estimate of drug-likeness (QED) is 0.599. The lowest BCUT2D eigenvalue weighted by Gasteiger charge is -2.21. The van der Waals surface area contributed by atoms with Crippen LogP contribution in [0.2, 0.25) is 0 Å². The maximum absolute atomic E-state index is 11.4. The van der Waals surface area contributed by atoms with Crippen molar-refractivity contribution in [1.82, 2.24) is 5.32 Å². The lowest BCUT2D eigenvalue weighted by atomic mass is 10.1. The molecule has 1 unspecified atom stereocenters. The second kappa shape index (κ2) is 3.44. The number of hydrogen-bond donors (Lipinski definition) is 1. The summed E-state index contributed by atoms with van der Waals surface area (Å²) in [6, 6.07) is 0. The first-order valence-electron chi connectivity index (χ1n) is 4.28. The number of esters is 1. The van der Waals surface area contributed by atoms with Crippen molar-refractivity contribution in [2.45, 2.75) is 32.8 Å². The predicted molar refractivity (Wildman–Crippen MR) is 46.3 cm³/mol. The van der Waals surface area contributed by atoms with Gasteiger partial charge in [-0.3, -0.25) is 4.79 Å². The van der Waals surface area contributed by atoms with E-state index < -0.39 is 0 Å². The van der Waals surface area contributed by atoms with E-state index in [1.165, 1.54) is 0 Å². The van der Waals surface area contributed by atoms with Gasteiger partial charge in [-0.15, -0.1) is 0 Å². The zero-order valence-corrected chi connectivity index (χ0v) is 7.89. The minimum atomic E-state index is -0.368. The second-order valence-corrected chi connectivity index (χ2v) is 4.05. The Kier molecular flexibility index (Phi) is 2.73. The number of hydrogen-bond acceptors (Lipinski definition) is 3. The van der Waals surface area contributed by atoms with Crippen LogP contribution in [0.5, 0.6) is 0 Å². The molecule has 1 heterocycles. The molecule has 0 aromatic rings. The third-order valence-electron chi connectivity index (χ3n) is 1.63. The Hall–Kier alpha value is -0.570. The van der Waals surface area contributed by atoms with E-state index >= 15 is 0 Å². The molecule has 1 saturated heterocycles. The number of ether oxygens (including phenoxy) is 1. The van der Waals surface area contributed by atoms with Crippen LogP contribution in [0.3, 0.4) is 0 Å². The van der Waals surface area contributed by atoms with Crippen LogP contribution in [0.25, 0.3) is 0 Å². The zero-order valence-electron chi connectivity index (χ0n) is 7.89. The highest BCUT2D eigenvalue weighted by atomic mass is 16.6. The number of nitrogens with one attached hydrogen (secondary N) is 1. The highest BCUT2D eigenvalue weighted by Gasteiger charge is 2.27. The van der Waals surface area contributed by atoms with E-state index in [0.29, 0.717) is 0 Å². The van der Waals surface area contributed by atoms with Crippen molar-refractivity contribution in [2.24, 2.45) is 5.92 Å². The van der Waals surface area contributed by atoms with Crippen molar-refractivity contribution < 1.29 is 9.53 Å². The molecule has 0 saturated carbocycles. The fraction of sp³-hybridized carbons (Fsp3) is 0.778. The van der Waals surface area contributed by atoms with Crippen molar-refractivity contribution >= 4 is 5.97 Å². The Bertz CT molecular complexity index is 166. The first kappa shape index (κ1) is 9.52. The van der Waals surface area contributed by atoms with Gasteiger partial charge in [-0.25, -0.2) is 0 Å². The molecule has 1 radical (unpaired) electrons. The fourth-order valence-electron chi connectivity index (χ4n) is 1.11. The van der Waals surface area contributed by atoms with Crippen LogP contribution in [0.4, 0.5) is 0 Å². The van der Waals surface area contributed by atoms with Crippen LogP contribution >= 0.6 is 0 Å². The average molecular weight is 170 g/mol. The molecule has 1 aliphatic rings. The Labute approximate surface area is 73.5 Å². The van der Waals surface area contributed by atoms with Crippen LogP contribution in [-0.2, 0) is 9.53 Å². The maximum atomic E-state index is 11.4. The smallest absolute Gasteiger partial charge is 0.311 e. The minimum Gasteiger partial charge on any atom is -0.460 e. The van der Waals surface area contributed by atoms with Gasteiger partial charge in [-0.1, -0.05) is 0 Å². The van der Waals surface area contributed by atoms with E-state index in [0.717, 1.165) is 13.0 Å². The van der Waals surface area contributed by atoms with Gasteiger partial charge in [-0.05, 0) is 33.7 Å². The first-order valence-corrected chi connectivity index (χ1v) is 4.28. The Morgan fingerprint density at radius 2 is 2.25 bits per heavy atom. The van der Waals surface area contributed by atoms with Gasteiger partial charge in [0.1, 0.15) is 5.60 Å². The zero-order chi connectivity index (χ0) is 9.19. The summed E-state index contributed by atoms with van der Waals surface area (Å²) >= 11 is 0. The molecule has 0 aliphatic carbocycles. The topological polar surface area (TPSA) is 38.3 Å². The molecular formula is C9H16NO2. The SMILES string of the molecule is CC(C)(C)OC(=O)C1[CH]NCC1. The van der Waals surface area contributed by atoms with Gasteiger partial charge in [0, 0.05) is 6.54 Å². The van der Waals surface area contributed by atoms with Gasteiger partial charge < -0.3 is 10.1 Å². The molecule has 0 aromatic carbocycles. The summed E-state index contributed by atoms with van der Waals surface area (Å²) in [4.78, 5) is 11.4.